The summed E-state index contributed by atoms with van der Waals surface area (Å²) in [5.41, 5.74) is 8.03. The Hall–Kier alpha value is -6.33. The van der Waals surface area contributed by atoms with E-state index in [9.17, 15) is 0 Å². The first kappa shape index (κ1) is 26.1. The van der Waals surface area contributed by atoms with Gasteiger partial charge in [-0.3, -0.25) is 0 Å². The highest BCUT2D eigenvalue weighted by Crippen LogP contribution is 2.39. The summed E-state index contributed by atoms with van der Waals surface area (Å²) in [6.45, 7) is 0. The summed E-state index contributed by atoms with van der Waals surface area (Å²) in [6, 6.07) is 49.0. The molecule has 0 N–H and O–H groups in total. The van der Waals surface area contributed by atoms with Gasteiger partial charge in [0.15, 0.2) is 11.6 Å². The van der Waals surface area contributed by atoms with Crippen LogP contribution in [0.2, 0.25) is 0 Å². The van der Waals surface area contributed by atoms with Crippen LogP contribution in [-0.2, 0) is 0 Å². The molecular weight excluding hydrogens is 562 g/mol. The highest BCUT2D eigenvalue weighted by atomic mass is 15.0. The van der Waals surface area contributed by atoms with Crippen molar-refractivity contribution in [3.63, 3.8) is 0 Å². The van der Waals surface area contributed by atoms with E-state index in [0.29, 0.717) is 11.6 Å². The Balaban J connectivity index is 1.13. The van der Waals surface area contributed by atoms with Crippen molar-refractivity contribution >= 4 is 32.3 Å². The number of hydrogen-bond donors (Lipinski definition) is 0. The Kier molecular flexibility index (Phi) is 6.06. The zero-order chi connectivity index (χ0) is 30.5. The van der Waals surface area contributed by atoms with E-state index in [0.717, 1.165) is 33.6 Å². The maximum Gasteiger partial charge on any atom is 0.162 e. The van der Waals surface area contributed by atoms with Gasteiger partial charge in [0.05, 0.1) is 11.4 Å². The number of benzene rings is 7. The lowest BCUT2D eigenvalue weighted by atomic mass is 9.89. The Morgan fingerprint density at radius 1 is 0.370 bits per heavy atom. The van der Waals surface area contributed by atoms with Crippen molar-refractivity contribution in [3.05, 3.63) is 152 Å². The summed E-state index contributed by atoms with van der Waals surface area (Å²) < 4.78 is 0. The molecule has 5 nitrogen and oxygen atoms in total. The Morgan fingerprint density at radius 3 is 1.59 bits per heavy atom. The summed E-state index contributed by atoms with van der Waals surface area (Å²) in [4.78, 5) is 22.5. The molecule has 0 atom stereocenters. The van der Waals surface area contributed by atoms with Gasteiger partial charge in [0, 0.05) is 22.3 Å². The predicted molar refractivity (Wildman–Crippen MR) is 186 cm³/mol. The van der Waals surface area contributed by atoms with E-state index in [1.165, 1.54) is 56.1 Å². The summed E-state index contributed by atoms with van der Waals surface area (Å²) in [5, 5.41) is 7.74. The van der Waals surface area contributed by atoms with Gasteiger partial charge in [-0.15, -0.1) is 0 Å². The average Bonchev–Trinajstić information content (AvgIpc) is 3.14. The van der Waals surface area contributed by atoms with Gasteiger partial charge in [-0.05, 0) is 49.5 Å². The van der Waals surface area contributed by atoms with E-state index in [1.54, 1.807) is 0 Å². The predicted octanol–water partition coefficient (Wildman–Crippen LogP) is 9.89. The third kappa shape index (κ3) is 4.45. The fourth-order valence-electron chi connectivity index (χ4n) is 6.45. The second-order valence-corrected chi connectivity index (χ2v) is 11.4. The van der Waals surface area contributed by atoms with E-state index in [-0.39, 0.29) is 0 Å². The zero-order valence-corrected chi connectivity index (χ0v) is 24.7. The summed E-state index contributed by atoms with van der Waals surface area (Å²) in [5.74, 6) is 1.32. The molecule has 0 saturated carbocycles. The number of hydrogen-bond acceptors (Lipinski definition) is 5. The molecule has 0 aliphatic rings. The van der Waals surface area contributed by atoms with Crippen LogP contribution in [0.3, 0.4) is 0 Å². The van der Waals surface area contributed by atoms with E-state index >= 15 is 0 Å². The normalized spacial score (nSPS) is 11.5. The summed E-state index contributed by atoms with van der Waals surface area (Å²) >= 11 is 0. The smallest absolute Gasteiger partial charge is 0.162 e. The summed E-state index contributed by atoms with van der Waals surface area (Å²) in [6.07, 6.45) is 3.02. The van der Waals surface area contributed by atoms with Crippen LogP contribution in [0.1, 0.15) is 0 Å². The monoisotopic (exact) mass is 587 g/mol. The molecule has 0 fully saturated rings. The van der Waals surface area contributed by atoms with Crippen LogP contribution in [-0.4, -0.2) is 24.9 Å². The molecular formula is C41H25N5. The van der Waals surface area contributed by atoms with Gasteiger partial charge >= 0.3 is 0 Å². The minimum absolute atomic E-state index is 0.639. The molecule has 0 aliphatic carbocycles. The molecule has 2 heterocycles. The highest BCUT2D eigenvalue weighted by Gasteiger charge is 2.14. The fourth-order valence-corrected chi connectivity index (χ4v) is 6.45. The molecule has 5 heteroatoms. The quantitative estimate of drug-likeness (QED) is 0.188. The zero-order valence-electron chi connectivity index (χ0n) is 24.7. The second kappa shape index (κ2) is 10.7. The third-order valence-electron chi connectivity index (χ3n) is 8.71. The summed E-state index contributed by atoms with van der Waals surface area (Å²) in [7, 11) is 0. The van der Waals surface area contributed by atoms with Crippen LogP contribution in [0.15, 0.2) is 152 Å². The Bertz CT molecular complexity index is 2480. The lowest BCUT2D eigenvalue weighted by Gasteiger charge is -2.14. The van der Waals surface area contributed by atoms with Crippen LogP contribution in [0.4, 0.5) is 0 Å². The van der Waals surface area contributed by atoms with E-state index in [1.807, 2.05) is 42.5 Å². The molecule has 9 aromatic rings. The molecule has 7 aromatic carbocycles. The van der Waals surface area contributed by atoms with Crippen LogP contribution in [0.25, 0.3) is 88.7 Å². The third-order valence-corrected chi connectivity index (χ3v) is 8.71. The van der Waals surface area contributed by atoms with Gasteiger partial charge < -0.3 is 0 Å². The molecule has 0 unspecified atom stereocenters. The number of rotatable bonds is 5. The van der Waals surface area contributed by atoms with Crippen LogP contribution in [0.5, 0.6) is 0 Å². The molecule has 0 aliphatic heterocycles. The molecule has 0 saturated heterocycles. The molecule has 0 bridgehead atoms. The van der Waals surface area contributed by atoms with Crippen molar-refractivity contribution in [2.75, 3.05) is 0 Å². The van der Waals surface area contributed by atoms with Crippen LogP contribution < -0.4 is 0 Å². The number of aromatic nitrogens is 5. The molecule has 0 amide bonds. The maximum atomic E-state index is 5.03. The standard InChI is InChI=1S/C41H25N5/c1-2-5-32(6-3-1)41-45-36(23-37(46-41)28-13-17-33(18-14-28)40-43-24-42-25-44-40)27-11-9-26(10-12-27)34-21-19-31-16-15-29-7-4-8-30-20-22-35(34)39(31)38(29)30/h1-25H. The Morgan fingerprint density at radius 2 is 0.913 bits per heavy atom. The van der Waals surface area contributed by atoms with Crippen molar-refractivity contribution in [2.24, 2.45) is 0 Å². The van der Waals surface area contributed by atoms with Gasteiger partial charge in [0.2, 0.25) is 0 Å². The van der Waals surface area contributed by atoms with Crippen molar-refractivity contribution in [1.29, 1.82) is 0 Å². The van der Waals surface area contributed by atoms with Crippen molar-refractivity contribution < 1.29 is 0 Å². The maximum absolute atomic E-state index is 5.03. The van der Waals surface area contributed by atoms with Crippen molar-refractivity contribution in [3.8, 4) is 56.4 Å². The van der Waals surface area contributed by atoms with E-state index in [4.69, 9.17) is 9.97 Å². The Labute approximate surface area is 265 Å². The lowest BCUT2D eigenvalue weighted by Crippen LogP contribution is -1.96. The first-order valence-corrected chi connectivity index (χ1v) is 15.2. The molecule has 46 heavy (non-hydrogen) atoms. The first-order valence-electron chi connectivity index (χ1n) is 15.2. The van der Waals surface area contributed by atoms with Crippen LogP contribution in [0, 0.1) is 0 Å². The average molecular weight is 588 g/mol. The first-order chi connectivity index (χ1) is 22.8. The minimum Gasteiger partial charge on any atom is -0.228 e. The SMILES string of the molecule is c1ccc(-c2nc(-c3ccc(-c4ncncn4)cc3)cc(-c3ccc(-c4ccc5ccc6cccc7ccc4c5c67)cc3)n2)cc1. The highest BCUT2D eigenvalue weighted by molar-refractivity contribution is 6.25. The minimum atomic E-state index is 0.639. The van der Waals surface area contributed by atoms with Gasteiger partial charge in [0.25, 0.3) is 0 Å². The van der Waals surface area contributed by atoms with E-state index < -0.39 is 0 Å². The van der Waals surface area contributed by atoms with Crippen LogP contribution >= 0.6 is 0 Å². The molecule has 0 spiro atoms. The molecule has 0 radical (unpaired) electrons. The van der Waals surface area contributed by atoms with E-state index in [2.05, 4.69) is 112 Å². The lowest BCUT2D eigenvalue weighted by molar-refractivity contribution is 1.06. The topological polar surface area (TPSA) is 64.5 Å². The van der Waals surface area contributed by atoms with Gasteiger partial charge in [-0.25, -0.2) is 24.9 Å². The molecule has 214 valence electrons. The van der Waals surface area contributed by atoms with Crippen molar-refractivity contribution in [2.45, 2.75) is 0 Å². The number of nitrogens with zero attached hydrogens (tertiary/aromatic N) is 5. The molecule has 9 rings (SSSR count). The van der Waals surface area contributed by atoms with Gasteiger partial charge in [0.1, 0.15) is 12.7 Å². The fraction of sp³-hybridized carbons (Fsp3) is 0. The van der Waals surface area contributed by atoms with Gasteiger partial charge in [-0.1, -0.05) is 133 Å². The molecule has 2 aromatic heterocycles. The van der Waals surface area contributed by atoms with Gasteiger partial charge in [-0.2, -0.15) is 0 Å². The second-order valence-electron chi connectivity index (χ2n) is 11.4. The van der Waals surface area contributed by atoms with Crippen molar-refractivity contribution in [1.82, 2.24) is 24.9 Å². The largest absolute Gasteiger partial charge is 0.228 e.